The van der Waals surface area contributed by atoms with Crippen molar-refractivity contribution in [3.63, 3.8) is 0 Å². The van der Waals surface area contributed by atoms with Crippen molar-refractivity contribution in [2.75, 3.05) is 5.32 Å². The van der Waals surface area contributed by atoms with E-state index in [-0.39, 0.29) is 11.9 Å². The zero-order valence-electron chi connectivity index (χ0n) is 13.5. The minimum absolute atomic E-state index is 0.105. The van der Waals surface area contributed by atoms with Gasteiger partial charge in [-0.2, -0.15) is 0 Å². The van der Waals surface area contributed by atoms with Gasteiger partial charge in [0, 0.05) is 18.0 Å². The summed E-state index contributed by atoms with van der Waals surface area (Å²) in [7, 11) is 0. The normalized spacial score (nSPS) is 10.7. The zero-order chi connectivity index (χ0) is 18.8. The van der Waals surface area contributed by atoms with Gasteiger partial charge in [-0.25, -0.2) is 8.78 Å². The number of hydrogen-bond acceptors (Lipinski definition) is 3. The Morgan fingerprint density at radius 3 is 2.69 bits per heavy atom. The molecule has 3 aromatic rings. The number of aromatic hydroxyl groups is 1. The molecule has 0 aliphatic carbocycles. The van der Waals surface area contributed by atoms with Crippen LogP contribution >= 0.6 is 0 Å². The maximum absolute atomic E-state index is 13.8. The van der Waals surface area contributed by atoms with Crippen molar-refractivity contribution in [2.45, 2.75) is 6.54 Å². The summed E-state index contributed by atoms with van der Waals surface area (Å²) in [6.45, 7) is 3.68. The van der Waals surface area contributed by atoms with Crippen molar-refractivity contribution < 1.29 is 18.7 Å². The fraction of sp³-hybridized carbons (Fsp3) is 0.0526. The highest BCUT2D eigenvalue weighted by Gasteiger charge is 2.22. The van der Waals surface area contributed by atoms with Gasteiger partial charge in [0.05, 0.1) is 11.2 Å². The van der Waals surface area contributed by atoms with Crippen LogP contribution in [0.4, 0.5) is 14.5 Å². The van der Waals surface area contributed by atoms with Crippen LogP contribution in [0.3, 0.4) is 0 Å². The number of nitrogens with zero attached hydrogens (tertiary/aromatic N) is 1. The third-order valence-corrected chi connectivity index (χ3v) is 3.86. The molecule has 0 spiro atoms. The van der Waals surface area contributed by atoms with Crippen molar-refractivity contribution in [3.8, 4) is 5.75 Å². The number of pyridine rings is 1. The highest BCUT2D eigenvalue weighted by atomic mass is 19.1. The number of carbonyl (C=O) groups is 1. The number of allylic oxidation sites excluding steroid dienone is 1. The molecule has 2 aromatic carbocycles. The number of carbonyl (C=O) groups excluding carboxylic acids is 1. The van der Waals surface area contributed by atoms with Gasteiger partial charge in [-0.15, -0.1) is 6.58 Å². The molecule has 26 heavy (non-hydrogen) atoms. The number of hydrogen-bond donors (Lipinski definition) is 2. The Balaban J connectivity index is 2.18. The van der Waals surface area contributed by atoms with Crippen LogP contribution in [0.15, 0.2) is 59.9 Å². The highest BCUT2D eigenvalue weighted by Crippen LogP contribution is 2.27. The van der Waals surface area contributed by atoms with Crippen molar-refractivity contribution in [3.05, 3.63) is 82.7 Å². The lowest BCUT2D eigenvalue weighted by Gasteiger charge is -2.14. The smallest absolute Gasteiger partial charge is 0.268 e. The molecule has 0 aliphatic rings. The monoisotopic (exact) mass is 356 g/mol. The Morgan fingerprint density at radius 2 is 1.96 bits per heavy atom. The van der Waals surface area contributed by atoms with Crippen molar-refractivity contribution in [2.24, 2.45) is 0 Å². The van der Waals surface area contributed by atoms with Gasteiger partial charge < -0.3 is 15.0 Å². The summed E-state index contributed by atoms with van der Waals surface area (Å²) in [6.07, 6.45) is 1.47. The van der Waals surface area contributed by atoms with Gasteiger partial charge in [-0.1, -0.05) is 18.2 Å². The van der Waals surface area contributed by atoms with Gasteiger partial charge in [0.25, 0.3) is 11.5 Å². The topological polar surface area (TPSA) is 71.3 Å². The van der Waals surface area contributed by atoms with Gasteiger partial charge in [-0.3, -0.25) is 9.59 Å². The lowest BCUT2D eigenvalue weighted by molar-refractivity contribution is 0.102. The molecule has 0 atom stereocenters. The van der Waals surface area contributed by atoms with Crippen LogP contribution in [0.2, 0.25) is 0 Å². The number of nitrogens with one attached hydrogen (secondary N) is 1. The summed E-state index contributed by atoms with van der Waals surface area (Å²) in [4.78, 5) is 25.2. The molecule has 5 nitrogen and oxygen atoms in total. The van der Waals surface area contributed by atoms with Crippen LogP contribution in [0.1, 0.15) is 10.4 Å². The average molecular weight is 356 g/mol. The first-order valence-electron chi connectivity index (χ1n) is 7.66. The van der Waals surface area contributed by atoms with E-state index in [1.807, 2.05) is 0 Å². The number of amides is 1. The molecule has 1 heterocycles. The molecule has 2 N–H and O–H groups in total. The van der Waals surface area contributed by atoms with E-state index in [0.29, 0.717) is 5.52 Å². The van der Waals surface area contributed by atoms with E-state index in [0.717, 1.165) is 18.2 Å². The van der Waals surface area contributed by atoms with Crippen LogP contribution in [-0.4, -0.2) is 15.6 Å². The number of anilines is 1. The number of para-hydroxylation sites is 1. The van der Waals surface area contributed by atoms with Crippen molar-refractivity contribution in [1.82, 2.24) is 4.57 Å². The number of halogens is 2. The summed E-state index contributed by atoms with van der Waals surface area (Å²) < 4.78 is 28.3. The predicted molar refractivity (Wildman–Crippen MR) is 94.4 cm³/mol. The van der Waals surface area contributed by atoms with Gasteiger partial charge in [-0.05, 0) is 24.3 Å². The Morgan fingerprint density at radius 1 is 1.23 bits per heavy atom. The Hall–Kier alpha value is -3.48. The molecule has 132 valence electrons. The van der Waals surface area contributed by atoms with Crippen LogP contribution < -0.4 is 10.9 Å². The second kappa shape index (κ2) is 6.79. The molecule has 0 radical (unpaired) electrons. The average Bonchev–Trinajstić information content (AvgIpc) is 2.62. The standard InChI is InChI=1S/C19H14F2N2O3/c1-2-9-23-15-6-4-3-5-12(15)17(24)16(19(23)26)18(25)22-14-10-11(20)7-8-13(14)21/h2-8,10,24H,1,9H2,(H,22,25). The first-order chi connectivity index (χ1) is 12.4. The third kappa shape index (κ3) is 2.95. The highest BCUT2D eigenvalue weighted by molar-refractivity contribution is 6.09. The molecule has 1 amide bonds. The molecule has 0 saturated heterocycles. The number of benzene rings is 2. The Bertz CT molecular complexity index is 1090. The summed E-state index contributed by atoms with van der Waals surface area (Å²) in [5, 5.41) is 12.8. The van der Waals surface area contributed by atoms with Crippen molar-refractivity contribution >= 4 is 22.5 Å². The minimum Gasteiger partial charge on any atom is -0.506 e. The summed E-state index contributed by atoms with van der Waals surface area (Å²) >= 11 is 0. The lowest BCUT2D eigenvalue weighted by atomic mass is 10.1. The molecular weight excluding hydrogens is 342 g/mol. The molecule has 3 rings (SSSR count). The van der Waals surface area contributed by atoms with Crippen LogP contribution in [0.25, 0.3) is 10.9 Å². The second-order valence-electron chi connectivity index (χ2n) is 5.52. The largest absolute Gasteiger partial charge is 0.506 e. The van der Waals surface area contributed by atoms with E-state index >= 15 is 0 Å². The summed E-state index contributed by atoms with van der Waals surface area (Å²) in [6, 6.07) is 9.02. The maximum atomic E-state index is 13.8. The summed E-state index contributed by atoms with van der Waals surface area (Å²) in [5.74, 6) is -3.19. The van der Waals surface area contributed by atoms with E-state index in [1.165, 1.54) is 10.6 Å². The lowest BCUT2D eigenvalue weighted by Crippen LogP contribution is -2.29. The van der Waals surface area contributed by atoms with Gasteiger partial charge in [0.2, 0.25) is 0 Å². The predicted octanol–water partition coefficient (Wildman–Crippen LogP) is 3.42. The number of fused-ring (bicyclic) bond motifs is 1. The first-order valence-corrected chi connectivity index (χ1v) is 7.66. The van der Waals surface area contributed by atoms with Gasteiger partial charge in [0.1, 0.15) is 22.9 Å². The fourth-order valence-electron chi connectivity index (χ4n) is 2.68. The molecule has 0 fully saturated rings. The van der Waals surface area contributed by atoms with E-state index in [4.69, 9.17) is 0 Å². The van der Waals surface area contributed by atoms with E-state index < -0.39 is 40.1 Å². The molecule has 0 bridgehead atoms. The quantitative estimate of drug-likeness (QED) is 0.704. The Labute approximate surface area is 146 Å². The molecular formula is C19H14F2N2O3. The van der Waals surface area contributed by atoms with Gasteiger partial charge in [0.15, 0.2) is 0 Å². The molecule has 1 aromatic heterocycles. The fourth-order valence-corrected chi connectivity index (χ4v) is 2.68. The zero-order valence-corrected chi connectivity index (χ0v) is 13.5. The van der Waals surface area contributed by atoms with E-state index in [1.54, 1.807) is 24.3 Å². The molecule has 0 aliphatic heterocycles. The second-order valence-corrected chi connectivity index (χ2v) is 5.52. The van der Waals surface area contributed by atoms with Crippen LogP contribution in [0, 0.1) is 11.6 Å². The Kier molecular flexibility index (Phi) is 4.53. The molecule has 7 heteroatoms. The summed E-state index contributed by atoms with van der Waals surface area (Å²) in [5.41, 5.74) is -1.34. The molecule has 0 unspecified atom stereocenters. The minimum atomic E-state index is -1.04. The maximum Gasteiger partial charge on any atom is 0.268 e. The van der Waals surface area contributed by atoms with Crippen LogP contribution in [0.5, 0.6) is 5.75 Å². The number of rotatable bonds is 4. The van der Waals surface area contributed by atoms with Crippen LogP contribution in [-0.2, 0) is 6.54 Å². The van der Waals surface area contributed by atoms with E-state index in [2.05, 4.69) is 11.9 Å². The van der Waals surface area contributed by atoms with Gasteiger partial charge >= 0.3 is 0 Å². The SMILES string of the molecule is C=CCn1c(=O)c(C(=O)Nc2cc(F)ccc2F)c(O)c2ccccc21. The number of aromatic nitrogens is 1. The third-order valence-electron chi connectivity index (χ3n) is 3.86. The van der Waals surface area contributed by atoms with E-state index in [9.17, 15) is 23.5 Å². The first kappa shape index (κ1) is 17.3. The van der Waals surface area contributed by atoms with Crippen molar-refractivity contribution in [1.29, 1.82) is 0 Å². The molecule has 0 saturated carbocycles.